The summed E-state index contributed by atoms with van der Waals surface area (Å²) in [7, 11) is 0. The predicted octanol–water partition coefficient (Wildman–Crippen LogP) is 0.754. The fourth-order valence-corrected chi connectivity index (χ4v) is 2.89. The first-order chi connectivity index (χ1) is 11.6. The Morgan fingerprint density at radius 3 is 2.58 bits per heavy atom. The largest absolute Gasteiger partial charge is 0.569 e. The van der Waals surface area contributed by atoms with Crippen LogP contribution in [0.2, 0.25) is 0 Å². The number of carbonyl (C=O) groups is 2. The zero-order chi connectivity index (χ0) is 17.1. The number of hydrogen-bond donors (Lipinski definition) is 1. The molecule has 0 bridgehead atoms. The van der Waals surface area contributed by atoms with Crippen LogP contribution in [0.1, 0.15) is 33.6 Å². The van der Waals surface area contributed by atoms with E-state index in [2.05, 4.69) is 5.28 Å². The molecule has 2 amide bonds. The molecule has 1 unspecified atom stereocenters. The van der Waals surface area contributed by atoms with Gasteiger partial charge in [0.25, 0.3) is 11.8 Å². The molecule has 3 rings (SSSR count). The van der Waals surface area contributed by atoms with Crippen LogP contribution in [0.25, 0.3) is 0 Å². The Hall–Kier alpha value is -2.68. The maximum atomic E-state index is 12.1. The Morgan fingerprint density at radius 2 is 1.96 bits per heavy atom. The summed E-state index contributed by atoms with van der Waals surface area (Å²) in [5.74, 6) is -0.912. The molecule has 0 radical (unpaired) electrons. The summed E-state index contributed by atoms with van der Waals surface area (Å²) < 4.78 is 0. The molecule has 1 aromatic rings. The highest BCUT2D eigenvalue weighted by atomic mass is 16.7. The van der Waals surface area contributed by atoms with Gasteiger partial charge < -0.3 is 15.2 Å². The second-order valence-corrected chi connectivity index (χ2v) is 5.78. The van der Waals surface area contributed by atoms with Crippen molar-refractivity contribution in [2.45, 2.75) is 12.8 Å². The normalized spacial score (nSPS) is 21.2. The number of fused-ring (bicyclic) bond motifs is 1. The van der Waals surface area contributed by atoms with Crippen molar-refractivity contribution in [2.75, 3.05) is 26.4 Å². The number of benzene rings is 1. The zero-order valence-corrected chi connectivity index (χ0v) is 13.0. The quantitative estimate of drug-likeness (QED) is 0.368. The van der Waals surface area contributed by atoms with Crippen molar-refractivity contribution < 1.29 is 24.5 Å². The van der Waals surface area contributed by atoms with Crippen molar-refractivity contribution in [2.24, 2.45) is 11.2 Å². The molecular formula is C15H18N4O5. The maximum absolute atomic E-state index is 12.1. The van der Waals surface area contributed by atoms with E-state index < -0.39 is 18.5 Å². The van der Waals surface area contributed by atoms with Crippen LogP contribution in [-0.4, -0.2) is 58.2 Å². The van der Waals surface area contributed by atoms with Crippen LogP contribution < -0.4 is 0 Å². The molecule has 1 aromatic carbocycles. The summed E-state index contributed by atoms with van der Waals surface area (Å²) in [4.78, 5) is 30.3. The van der Waals surface area contributed by atoms with Crippen molar-refractivity contribution in [3.63, 3.8) is 0 Å². The number of aliphatic hydroxyl groups is 1. The lowest BCUT2D eigenvalue weighted by Crippen LogP contribution is -2.41. The van der Waals surface area contributed by atoms with Crippen molar-refractivity contribution in [1.82, 2.24) is 9.91 Å². The maximum Gasteiger partial charge on any atom is 0.264 e. The molecule has 24 heavy (non-hydrogen) atoms. The van der Waals surface area contributed by atoms with Gasteiger partial charge in [-0.15, -0.1) is 5.01 Å². The third kappa shape index (κ3) is 3.02. The number of piperidine rings is 1. The van der Waals surface area contributed by atoms with Crippen molar-refractivity contribution in [1.29, 1.82) is 0 Å². The highest BCUT2D eigenvalue weighted by Crippen LogP contribution is 2.22. The zero-order valence-electron chi connectivity index (χ0n) is 13.0. The highest BCUT2D eigenvalue weighted by molar-refractivity contribution is 6.21. The smallest absolute Gasteiger partial charge is 0.264 e. The van der Waals surface area contributed by atoms with Crippen LogP contribution in [0.3, 0.4) is 0 Å². The van der Waals surface area contributed by atoms with E-state index in [0.29, 0.717) is 29.2 Å². The van der Waals surface area contributed by atoms with Crippen molar-refractivity contribution >= 4 is 11.8 Å². The van der Waals surface area contributed by atoms with Gasteiger partial charge in [-0.05, 0) is 25.0 Å². The standard InChI is InChI=1S/C15H18N4O5/c20-9-11-4-3-7-17(8-11)19(23)16-24-10-18-14(21)12-5-1-2-6-13(12)15(18)22/h1-2,5-6,11,20H,3-4,7-10H2. The Labute approximate surface area is 138 Å². The number of carbonyl (C=O) groups excluding carboxylic acids is 2. The van der Waals surface area contributed by atoms with Gasteiger partial charge in [-0.25, -0.2) is 4.90 Å². The van der Waals surface area contributed by atoms with Crippen LogP contribution in [0.15, 0.2) is 29.5 Å². The lowest BCUT2D eigenvalue weighted by Gasteiger charge is -2.27. The molecule has 9 heteroatoms. The molecule has 1 N–H and O–H groups in total. The van der Waals surface area contributed by atoms with Crippen LogP contribution in [0.5, 0.6) is 0 Å². The van der Waals surface area contributed by atoms with Gasteiger partial charge in [-0.1, -0.05) is 12.1 Å². The van der Waals surface area contributed by atoms with Crippen molar-refractivity contribution in [3.05, 3.63) is 40.6 Å². The molecule has 2 aliphatic heterocycles. The topological polar surface area (TPSA) is 109 Å². The molecule has 2 heterocycles. The summed E-state index contributed by atoms with van der Waals surface area (Å²) in [6, 6.07) is 6.48. The van der Waals surface area contributed by atoms with Gasteiger partial charge in [0.15, 0.2) is 0 Å². The molecule has 2 aliphatic rings. The lowest BCUT2D eigenvalue weighted by molar-refractivity contribution is -0.714. The Bertz CT molecular complexity index is 643. The van der Waals surface area contributed by atoms with E-state index in [0.717, 1.165) is 17.7 Å². The first kappa shape index (κ1) is 16.2. The lowest BCUT2D eigenvalue weighted by atomic mass is 10.0. The summed E-state index contributed by atoms with van der Waals surface area (Å²) >= 11 is 0. The average molecular weight is 334 g/mol. The molecule has 0 spiro atoms. The Balaban J connectivity index is 1.58. The second kappa shape index (κ2) is 6.83. The summed E-state index contributed by atoms with van der Waals surface area (Å²) in [5, 5.41) is 25.9. The van der Waals surface area contributed by atoms with Crippen LogP contribution >= 0.6 is 0 Å². The fourth-order valence-electron chi connectivity index (χ4n) is 2.89. The molecule has 0 saturated carbocycles. The summed E-state index contributed by atoms with van der Waals surface area (Å²) in [6.45, 7) is 0.488. The van der Waals surface area contributed by atoms with E-state index in [-0.39, 0.29) is 12.5 Å². The first-order valence-corrected chi connectivity index (χ1v) is 7.73. The van der Waals surface area contributed by atoms with Crippen LogP contribution in [-0.2, 0) is 4.84 Å². The summed E-state index contributed by atoms with van der Waals surface area (Å²) in [5.41, 5.74) is 0.624. The van der Waals surface area contributed by atoms with Gasteiger partial charge in [-0.2, -0.15) is 0 Å². The van der Waals surface area contributed by atoms with Gasteiger partial charge >= 0.3 is 0 Å². The minimum atomic E-state index is -0.471. The second-order valence-electron chi connectivity index (χ2n) is 5.78. The predicted molar refractivity (Wildman–Crippen MR) is 80.3 cm³/mol. The van der Waals surface area contributed by atoms with Gasteiger partial charge in [0.2, 0.25) is 12.0 Å². The average Bonchev–Trinajstić information content (AvgIpc) is 2.87. The molecule has 0 aromatic heterocycles. The van der Waals surface area contributed by atoms with E-state index >= 15 is 0 Å². The van der Waals surface area contributed by atoms with E-state index in [1.54, 1.807) is 24.3 Å². The number of hydrazine groups is 1. The molecule has 1 fully saturated rings. The molecular weight excluding hydrogens is 316 g/mol. The van der Waals surface area contributed by atoms with Crippen molar-refractivity contribution in [3.8, 4) is 0 Å². The molecule has 1 atom stereocenters. The fraction of sp³-hybridized carbons (Fsp3) is 0.467. The number of imide groups is 1. The van der Waals surface area contributed by atoms with Gasteiger partial charge in [0, 0.05) is 12.5 Å². The molecule has 9 nitrogen and oxygen atoms in total. The van der Waals surface area contributed by atoms with Gasteiger partial charge in [-0.3, -0.25) is 9.59 Å². The molecule has 0 aliphatic carbocycles. The number of hydrogen-bond acceptors (Lipinski definition) is 6. The SMILES string of the molecule is O=C1c2ccccc2C(=O)N1CON=[N+]([O-])N1CCCC(CO)C1. The van der Waals surface area contributed by atoms with E-state index in [4.69, 9.17) is 9.94 Å². The third-order valence-corrected chi connectivity index (χ3v) is 4.19. The van der Waals surface area contributed by atoms with E-state index in [1.807, 2.05) is 0 Å². The molecule has 1 saturated heterocycles. The number of nitrogens with zero attached hydrogens (tertiary/aromatic N) is 4. The minimum Gasteiger partial charge on any atom is -0.569 e. The highest BCUT2D eigenvalue weighted by Gasteiger charge is 2.35. The van der Waals surface area contributed by atoms with Gasteiger partial charge in [0.1, 0.15) is 0 Å². The first-order valence-electron chi connectivity index (χ1n) is 7.73. The molecule has 128 valence electrons. The minimum absolute atomic E-state index is 0.0141. The number of amides is 2. The summed E-state index contributed by atoms with van der Waals surface area (Å²) in [6.07, 6.45) is 1.63. The monoisotopic (exact) mass is 334 g/mol. The number of aliphatic hydroxyl groups excluding tert-OH is 1. The Kier molecular flexibility index (Phi) is 4.61. The van der Waals surface area contributed by atoms with Crippen LogP contribution in [0.4, 0.5) is 0 Å². The van der Waals surface area contributed by atoms with Crippen LogP contribution in [0, 0.1) is 11.1 Å². The van der Waals surface area contributed by atoms with E-state index in [1.165, 1.54) is 5.01 Å². The number of rotatable bonds is 5. The Morgan fingerprint density at radius 1 is 1.29 bits per heavy atom. The van der Waals surface area contributed by atoms with Gasteiger partial charge in [0.05, 0.1) is 29.2 Å². The van der Waals surface area contributed by atoms with E-state index in [9.17, 15) is 14.8 Å². The third-order valence-electron chi connectivity index (χ3n) is 4.19.